The van der Waals surface area contributed by atoms with Crippen LogP contribution in [0.15, 0.2) is 48.5 Å². The summed E-state index contributed by atoms with van der Waals surface area (Å²) in [5, 5.41) is 0. The van der Waals surface area contributed by atoms with E-state index in [0.717, 1.165) is 36.3 Å². The molecule has 0 heterocycles. The summed E-state index contributed by atoms with van der Waals surface area (Å²) in [6.45, 7) is 6.71. The summed E-state index contributed by atoms with van der Waals surface area (Å²) in [5.74, 6) is -0.210. The molecule has 0 saturated carbocycles. The van der Waals surface area contributed by atoms with Gasteiger partial charge in [0, 0.05) is 0 Å². The maximum Gasteiger partial charge on any atom is 0.347 e. The predicted molar refractivity (Wildman–Crippen MR) is 127 cm³/mol. The SMILES string of the molecule is CCCCCCCCOc1ccc(-c2ccc(C(=O)OC(C)C(=O)OCCC)cc2)cc1. The van der Waals surface area contributed by atoms with E-state index in [1.165, 1.54) is 39.0 Å². The highest BCUT2D eigenvalue weighted by Gasteiger charge is 2.20. The molecule has 32 heavy (non-hydrogen) atoms. The van der Waals surface area contributed by atoms with Crippen LogP contribution in [-0.4, -0.2) is 31.3 Å². The molecule has 2 rings (SSSR count). The molecule has 2 aromatic rings. The van der Waals surface area contributed by atoms with Gasteiger partial charge in [0.15, 0.2) is 6.10 Å². The molecule has 0 aromatic heterocycles. The van der Waals surface area contributed by atoms with Crippen LogP contribution in [0.4, 0.5) is 0 Å². The molecular weight excluding hydrogens is 404 g/mol. The van der Waals surface area contributed by atoms with Gasteiger partial charge in [0.2, 0.25) is 0 Å². The zero-order chi connectivity index (χ0) is 23.2. The Labute approximate surface area is 192 Å². The maximum absolute atomic E-state index is 12.3. The molecule has 1 atom stereocenters. The molecule has 0 saturated heterocycles. The first-order valence-corrected chi connectivity index (χ1v) is 11.8. The van der Waals surface area contributed by atoms with Gasteiger partial charge in [-0.3, -0.25) is 0 Å². The summed E-state index contributed by atoms with van der Waals surface area (Å²) < 4.78 is 16.0. The Morgan fingerprint density at radius 3 is 1.97 bits per heavy atom. The van der Waals surface area contributed by atoms with Gasteiger partial charge < -0.3 is 14.2 Å². The summed E-state index contributed by atoms with van der Waals surface area (Å²) in [4.78, 5) is 24.0. The zero-order valence-electron chi connectivity index (χ0n) is 19.6. The van der Waals surface area contributed by atoms with Crippen LogP contribution in [0.3, 0.4) is 0 Å². The second kappa shape index (κ2) is 14.3. The van der Waals surface area contributed by atoms with Gasteiger partial charge in [0.25, 0.3) is 0 Å². The minimum Gasteiger partial charge on any atom is -0.494 e. The summed E-state index contributed by atoms with van der Waals surface area (Å²) >= 11 is 0. The van der Waals surface area contributed by atoms with Gasteiger partial charge in [0.05, 0.1) is 18.8 Å². The Bertz CT molecular complexity index is 811. The number of esters is 2. The lowest BCUT2D eigenvalue weighted by molar-refractivity contribution is -0.153. The van der Waals surface area contributed by atoms with Crippen LogP contribution in [0, 0.1) is 0 Å². The van der Waals surface area contributed by atoms with Crippen LogP contribution < -0.4 is 4.74 Å². The van der Waals surface area contributed by atoms with Crippen LogP contribution in [-0.2, 0) is 14.3 Å². The van der Waals surface area contributed by atoms with Crippen molar-refractivity contribution in [3.05, 3.63) is 54.1 Å². The molecular formula is C27H36O5. The molecule has 0 aliphatic rings. The molecule has 0 radical (unpaired) electrons. The normalized spacial score (nSPS) is 11.6. The van der Waals surface area contributed by atoms with Crippen molar-refractivity contribution in [2.45, 2.75) is 71.8 Å². The molecule has 0 amide bonds. The average Bonchev–Trinajstić information content (AvgIpc) is 2.82. The zero-order valence-corrected chi connectivity index (χ0v) is 19.6. The standard InChI is InChI=1S/C27H36O5/c1-4-6-7-8-9-10-20-30-25-17-15-23(16-18-25)22-11-13-24(14-12-22)27(29)32-21(3)26(28)31-19-5-2/h11-18,21H,4-10,19-20H2,1-3H3. The highest BCUT2D eigenvalue weighted by atomic mass is 16.6. The Morgan fingerprint density at radius 1 is 0.750 bits per heavy atom. The van der Waals surface area contributed by atoms with E-state index < -0.39 is 18.0 Å². The van der Waals surface area contributed by atoms with Crippen molar-refractivity contribution in [3.63, 3.8) is 0 Å². The van der Waals surface area contributed by atoms with Crippen LogP contribution in [0.2, 0.25) is 0 Å². The summed E-state index contributed by atoms with van der Waals surface area (Å²) in [5.41, 5.74) is 2.41. The highest BCUT2D eigenvalue weighted by molar-refractivity contribution is 5.92. The average molecular weight is 441 g/mol. The molecule has 1 unspecified atom stereocenters. The molecule has 5 heteroatoms. The van der Waals surface area contributed by atoms with E-state index in [2.05, 4.69) is 6.92 Å². The second-order valence-electron chi connectivity index (χ2n) is 7.93. The van der Waals surface area contributed by atoms with E-state index in [1.54, 1.807) is 12.1 Å². The lowest BCUT2D eigenvalue weighted by Gasteiger charge is -2.12. The van der Waals surface area contributed by atoms with Crippen molar-refractivity contribution >= 4 is 11.9 Å². The van der Waals surface area contributed by atoms with E-state index in [9.17, 15) is 9.59 Å². The molecule has 2 aromatic carbocycles. The Morgan fingerprint density at radius 2 is 1.34 bits per heavy atom. The molecule has 0 aliphatic carbocycles. The van der Waals surface area contributed by atoms with E-state index in [-0.39, 0.29) is 0 Å². The number of carbonyl (C=O) groups excluding carboxylic acids is 2. The van der Waals surface area contributed by atoms with Crippen LogP contribution in [0.25, 0.3) is 11.1 Å². The fourth-order valence-corrected chi connectivity index (χ4v) is 3.21. The van der Waals surface area contributed by atoms with Crippen LogP contribution in [0.1, 0.15) is 76.1 Å². The number of hydrogen-bond acceptors (Lipinski definition) is 5. The molecule has 0 N–H and O–H groups in total. The topological polar surface area (TPSA) is 61.8 Å². The molecule has 0 spiro atoms. The first kappa shape index (κ1) is 25.4. The van der Waals surface area contributed by atoms with Gasteiger partial charge in [-0.2, -0.15) is 0 Å². The third kappa shape index (κ3) is 8.74. The van der Waals surface area contributed by atoms with Gasteiger partial charge in [-0.15, -0.1) is 0 Å². The minimum absolute atomic E-state index is 0.318. The molecule has 0 fully saturated rings. The lowest BCUT2D eigenvalue weighted by atomic mass is 10.0. The van der Waals surface area contributed by atoms with Gasteiger partial charge in [-0.25, -0.2) is 9.59 Å². The fraction of sp³-hybridized carbons (Fsp3) is 0.481. The van der Waals surface area contributed by atoms with Gasteiger partial charge >= 0.3 is 11.9 Å². The highest BCUT2D eigenvalue weighted by Crippen LogP contribution is 2.23. The van der Waals surface area contributed by atoms with Crippen molar-refractivity contribution in [1.82, 2.24) is 0 Å². The van der Waals surface area contributed by atoms with E-state index in [0.29, 0.717) is 12.2 Å². The Hall–Kier alpha value is -2.82. The van der Waals surface area contributed by atoms with Gasteiger partial charge in [-0.1, -0.05) is 70.2 Å². The summed E-state index contributed by atoms with van der Waals surface area (Å²) in [6.07, 6.45) is 7.26. The van der Waals surface area contributed by atoms with Crippen molar-refractivity contribution in [1.29, 1.82) is 0 Å². The number of unbranched alkanes of at least 4 members (excludes halogenated alkanes) is 5. The van der Waals surface area contributed by atoms with Gasteiger partial charge in [-0.05, 0) is 55.2 Å². The third-order valence-electron chi connectivity index (χ3n) is 5.14. The smallest absolute Gasteiger partial charge is 0.347 e. The first-order valence-electron chi connectivity index (χ1n) is 11.8. The summed E-state index contributed by atoms with van der Waals surface area (Å²) in [6, 6.07) is 15.1. The number of carbonyl (C=O) groups is 2. The summed E-state index contributed by atoms with van der Waals surface area (Å²) in [7, 11) is 0. The fourth-order valence-electron chi connectivity index (χ4n) is 3.21. The minimum atomic E-state index is -0.933. The monoisotopic (exact) mass is 440 g/mol. The molecule has 0 bridgehead atoms. The number of benzene rings is 2. The quantitative estimate of drug-likeness (QED) is 0.245. The Kier molecular flexibility index (Phi) is 11.4. The molecule has 0 aliphatic heterocycles. The van der Waals surface area contributed by atoms with Crippen molar-refractivity contribution in [2.75, 3.05) is 13.2 Å². The maximum atomic E-state index is 12.3. The third-order valence-corrected chi connectivity index (χ3v) is 5.14. The molecule has 5 nitrogen and oxygen atoms in total. The second-order valence-corrected chi connectivity index (χ2v) is 7.93. The van der Waals surface area contributed by atoms with Crippen molar-refractivity contribution in [2.24, 2.45) is 0 Å². The Balaban J connectivity index is 1.82. The van der Waals surface area contributed by atoms with Crippen molar-refractivity contribution in [3.8, 4) is 16.9 Å². The van der Waals surface area contributed by atoms with Crippen LogP contribution in [0.5, 0.6) is 5.75 Å². The van der Waals surface area contributed by atoms with Crippen LogP contribution >= 0.6 is 0 Å². The number of rotatable bonds is 14. The van der Waals surface area contributed by atoms with E-state index in [1.807, 2.05) is 43.3 Å². The van der Waals surface area contributed by atoms with E-state index in [4.69, 9.17) is 14.2 Å². The predicted octanol–water partition coefficient (Wildman–Crippen LogP) is 6.59. The number of ether oxygens (including phenoxy) is 3. The first-order chi connectivity index (χ1) is 15.5. The molecule has 174 valence electrons. The van der Waals surface area contributed by atoms with Gasteiger partial charge in [0.1, 0.15) is 5.75 Å². The number of hydrogen-bond donors (Lipinski definition) is 0. The lowest BCUT2D eigenvalue weighted by Crippen LogP contribution is -2.26. The van der Waals surface area contributed by atoms with E-state index >= 15 is 0 Å². The van der Waals surface area contributed by atoms with Crippen molar-refractivity contribution < 1.29 is 23.8 Å². The largest absolute Gasteiger partial charge is 0.494 e.